The van der Waals surface area contributed by atoms with Crippen molar-refractivity contribution >= 4 is 5.91 Å². The van der Waals surface area contributed by atoms with Crippen molar-refractivity contribution in [3.05, 3.63) is 100 Å². The average Bonchev–Trinajstić information content (AvgIpc) is 3.31. The van der Waals surface area contributed by atoms with Crippen LogP contribution in [0.2, 0.25) is 0 Å². The minimum Gasteiger partial charge on any atom is -0.491 e. The molecule has 5 rings (SSSR count). The lowest BCUT2D eigenvalue weighted by molar-refractivity contribution is -0.142. The van der Waals surface area contributed by atoms with Crippen molar-refractivity contribution < 1.29 is 27.1 Å². The van der Waals surface area contributed by atoms with E-state index in [-0.39, 0.29) is 31.1 Å². The average molecular weight is 595 g/mol. The van der Waals surface area contributed by atoms with Gasteiger partial charge in [0, 0.05) is 23.0 Å². The quantitative estimate of drug-likeness (QED) is 0.209. The van der Waals surface area contributed by atoms with Crippen LogP contribution in [0.1, 0.15) is 66.5 Å². The fraction of sp³-hybridized carbons (Fsp3) is 0.364. The molecule has 1 amide bonds. The first-order valence-electron chi connectivity index (χ1n) is 14.4. The summed E-state index contributed by atoms with van der Waals surface area (Å²) in [6, 6.07) is 15.1. The molecule has 0 unspecified atom stereocenters. The predicted octanol–water partition coefficient (Wildman–Crippen LogP) is 7.18. The zero-order valence-electron chi connectivity index (χ0n) is 24.3. The second-order valence-corrected chi connectivity index (χ2v) is 11.2. The van der Waals surface area contributed by atoms with Gasteiger partial charge in [-0.1, -0.05) is 24.3 Å². The summed E-state index contributed by atoms with van der Waals surface area (Å²) in [7, 11) is 0. The van der Waals surface area contributed by atoms with Crippen LogP contribution in [0, 0.1) is 12.7 Å². The number of nitrogens with one attached hydrogen (secondary N) is 1. The van der Waals surface area contributed by atoms with Gasteiger partial charge in [-0.05, 0) is 99.9 Å². The largest absolute Gasteiger partial charge is 0.491 e. The Morgan fingerprint density at radius 2 is 1.81 bits per heavy atom. The lowest BCUT2D eigenvalue weighted by Gasteiger charge is -2.22. The molecule has 0 radical (unpaired) electrons. The van der Waals surface area contributed by atoms with Gasteiger partial charge in [-0.25, -0.2) is 4.39 Å². The number of pyridine rings is 1. The molecule has 1 aliphatic carbocycles. The van der Waals surface area contributed by atoms with Crippen LogP contribution in [0.3, 0.4) is 0 Å². The van der Waals surface area contributed by atoms with Gasteiger partial charge in [0.25, 0.3) is 0 Å². The van der Waals surface area contributed by atoms with Crippen molar-refractivity contribution in [1.82, 2.24) is 20.1 Å². The van der Waals surface area contributed by atoms with Crippen LogP contribution in [0.15, 0.2) is 60.8 Å². The van der Waals surface area contributed by atoms with Crippen LogP contribution in [0.4, 0.5) is 17.6 Å². The van der Waals surface area contributed by atoms with Gasteiger partial charge in [0.15, 0.2) is 5.69 Å². The van der Waals surface area contributed by atoms with E-state index < -0.39 is 29.6 Å². The smallest absolute Gasteiger partial charge is 0.435 e. The third-order valence-corrected chi connectivity index (χ3v) is 7.40. The van der Waals surface area contributed by atoms with E-state index >= 15 is 0 Å². The summed E-state index contributed by atoms with van der Waals surface area (Å²) in [5.41, 5.74) is 3.23. The Hall–Kier alpha value is -4.21. The molecule has 6 nitrogen and oxygen atoms in total. The molecule has 10 heteroatoms. The topological polar surface area (TPSA) is 69.0 Å². The van der Waals surface area contributed by atoms with Crippen molar-refractivity contribution in [2.24, 2.45) is 0 Å². The van der Waals surface area contributed by atoms with Crippen molar-refractivity contribution in [3.63, 3.8) is 0 Å². The van der Waals surface area contributed by atoms with Crippen LogP contribution in [0.25, 0.3) is 11.1 Å². The van der Waals surface area contributed by atoms with Crippen molar-refractivity contribution in [3.8, 4) is 16.9 Å². The molecule has 1 atom stereocenters. The molecule has 1 N–H and O–H groups in total. The number of amides is 1. The first-order chi connectivity index (χ1) is 20.5. The number of aromatic nitrogens is 3. The number of carbonyl (C=O) groups excluding carboxylic acids is 1. The molecule has 226 valence electrons. The number of nitrogens with zero attached hydrogens (tertiary/aromatic N) is 3. The zero-order chi connectivity index (χ0) is 30.7. The Balaban J connectivity index is 1.48. The standard InChI is InChI=1S/C33H34F4N4O2/c1-20(2)43-25-12-10-23(11-13-25)26-8-6-14-38-31(26)28(18-22-15-21(3)16-24(34)17-22)39-30(42)19-41-29-9-5-4-7-27(29)32(40-41)33(35,36)37/h6,8,10-17,20,28H,4-5,7,9,18-19H2,1-3H3,(H,39,42)/t28-/m0/s1. The SMILES string of the molecule is Cc1cc(F)cc(C[C@H](NC(=O)Cn2nc(C(F)(F)F)c3c2CCCC3)c2ncccc2-c2ccc(OC(C)C)cc2)c1. The highest BCUT2D eigenvalue weighted by atomic mass is 19.4. The number of hydrogen-bond acceptors (Lipinski definition) is 4. The summed E-state index contributed by atoms with van der Waals surface area (Å²) in [4.78, 5) is 18.1. The third-order valence-electron chi connectivity index (χ3n) is 7.40. The van der Waals surface area contributed by atoms with E-state index in [4.69, 9.17) is 4.74 Å². The fourth-order valence-electron chi connectivity index (χ4n) is 5.71. The van der Waals surface area contributed by atoms with Crippen molar-refractivity contribution in [2.45, 2.75) is 77.7 Å². The molecule has 2 aromatic heterocycles. The maximum atomic E-state index is 14.3. The highest BCUT2D eigenvalue weighted by Gasteiger charge is 2.39. The molecule has 0 saturated carbocycles. The van der Waals surface area contributed by atoms with Crippen LogP contribution in [-0.4, -0.2) is 26.8 Å². The van der Waals surface area contributed by atoms with Crippen LogP contribution >= 0.6 is 0 Å². The normalized spacial score (nSPS) is 14.0. The van der Waals surface area contributed by atoms with Gasteiger partial charge in [0.2, 0.25) is 5.91 Å². The van der Waals surface area contributed by atoms with Gasteiger partial charge in [0.1, 0.15) is 18.1 Å². The number of benzene rings is 2. The Kier molecular flexibility index (Phi) is 8.84. The van der Waals surface area contributed by atoms with Gasteiger partial charge in [0.05, 0.1) is 17.8 Å². The van der Waals surface area contributed by atoms with E-state index in [1.807, 2.05) is 50.2 Å². The molecular formula is C33H34F4N4O2. The Morgan fingerprint density at radius 3 is 2.51 bits per heavy atom. The van der Waals surface area contributed by atoms with Gasteiger partial charge in [-0.15, -0.1) is 0 Å². The fourth-order valence-corrected chi connectivity index (χ4v) is 5.71. The Morgan fingerprint density at radius 1 is 1.07 bits per heavy atom. The second kappa shape index (κ2) is 12.6. The van der Waals surface area contributed by atoms with Gasteiger partial charge < -0.3 is 10.1 Å². The zero-order valence-corrected chi connectivity index (χ0v) is 24.3. The third kappa shape index (κ3) is 7.24. The molecule has 2 aromatic carbocycles. The van der Waals surface area contributed by atoms with Gasteiger partial charge in [-0.3, -0.25) is 14.5 Å². The van der Waals surface area contributed by atoms with Crippen LogP contribution < -0.4 is 10.1 Å². The highest BCUT2D eigenvalue weighted by Crippen LogP contribution is 2.36. The number of carbonyl (C=O) groups is 1. The summed E-state index contributed by atoms with van der Waals surface area (Å²) in [5, 5.41) is 6.82. The van der Waals surface area contributed by atoms with E-state index in [1.165, 1.54) is 16.8 Å². The molecule has 0 bridgehead atoms. The summed E-state index contributed by atoms with van der Waals surface area (Å²) in [6.07, 6.45) is -0.655. The summed E-state index contributed by atoms with van der Waals surface area (Å²) in [6.45, 7) is 5.29. The molecule has 4 aromatic rings. The monoisotopic (exact) mass is 594 g/mol. The Labute approximate surface area is 248 Å². The lowest BCUT2D eigenvalue weighted by Crippen LogP contribution is -2.34. The molecule has 0 aliphatic heterocycles. The van der Waals surface area contributed by atoms with Gasteiger partial charge >= 0.3 is 6.18 Å². The molecule has 0 spiro atoms. The first kappa shape index (κ1) is 30.3. The second-order valence-electron chi connectivity index (χ2n) is 11.2. The molecule has 1 aliphatic rings. The number of ether oxygens (including phenoxy) is 1. The van der Waals surface area contributed by atoms with E-state index in [0.29, 0.717) is 35.5 Å². The maximum Gasteiger partial charge on any atom is 0.435 e. The number of halogens is 4. The molecule has 0 saturated heterocycles. The van der Waals surface area contributed by atoms with E-state index in [1.54, 1.807) is 19.2 Å². The summed E-state index contributed by atoms with van der Waals surface area (Å²) in [5.74, 6) is -0.199. The summed E-state index contributed by atoms with van der Waals surface area (Å²) >= 11 is 0. The van der Waals surface area contributed by atoms with Crippen LogP contribution in [-0.2, 0) is 36.8 Å². The number of alkyl halides is 3. The predicted molar refractivity (Wildman–Crippen MR) is 155 cm³/mol. The van der Waals surface area contributed by atoms with E-state index in [0.717, 1.165) is 23.1 Å². The molecule has 2 heterocycles. The first-order valence-corrected chi connectivity index (χ1v) is 14.4. The van der Waals surface area contributed by atoms with Crippen molar-refractivity contribution in [2.75, 3.05) is 0 Å². The number of rotatable bonds is 9. The van der Waals surface area contributed by atoms with E-state index in [9.17, 15) is 22.4 Å². The van der Waals surface area contributed by atoms with E-state index in [2.05, 4.69) is 15.4 Å². The molecule has 43 heavy (non-hydrogen) atoms. The highest BCUT2D eigenvalue weighted by molar-refractivity contribution is 5.77. The minimum absolute atomic E-state index is 0.0155. The summed E-state index contributed by atoms with van der Waals surface area (Å²) < 4.78 is 62.5. The lowest BCUT2D eigenvalue weighted by atomic mass is 9.94. The Bertz CT molecular complexity index is 1580. The van der Waals surface area contributed by atoms with Crippen LogP contribution in [0.5, 0.6) is 5.75 Å². The maximum absolute atomic E-state index is 14.3. The number of hydrogen-bond donors (Lipinski definition) is 1. The molecule has 0 fully saturated rings. The molecular weight excluding hydrogens is 560 g/mol. The van der Waals surface area contributed by atoms with Gasteiger partial charge in [-0.2, -0.15) is 18.3 Å². The number of fused-ring (bicyclic) bond motifs is 1. The van der Waals surface area contributed by atoms with Crippen molar-refractivity contribution in [1.29, 1.82) is 0 Å². The minimum atomic E-state index is -4.60. The number of aryl methyl sites for hydroxylation is 1.